The zero-order valence-electron chi connectivity index (χ0n) is 15.9. The standard InChI is InChI=1S/C19H23N7OS/c1-13-20-15(12-28-13)19(27)25-9-3-8-24(10-11-25)17-7-6-16-21-22-18(26(16)23-17)14-4-2-5-14/h6-7,12,14H,2-5,8-11H2,1H3. The minimum absolute atomic E-state index is 0.0284. The van der Waals surface area contributed by atoms with Crippen molar-refractivity contribution in [3.05, 3.63) is 34.0 Å². The Hall–Kier alpha value is -2.55. The number of fused-ring (bicyclic) bond motifs is 1. The van der Waals surface area contributed by atoms with Crippen molar-refractivity contribution in [2.24, 2.45) is 0 Å². The van der Waals surface area contributed by atoms with Crippen LogP contribution in [0.4, 0.5) is 5.82 Å². The van der Waals surface area contributed by atoms with Crippen molar-refractivity contribution in [1.82, 2.24) is 29.7 Å². The third kappa shape index (κ3) is 3.13. The topological polar surface area (TPSA) is 79.5 Å². The molecule has 1 saturated heterocycles. The molecule has 5 rings (SSSR count). The van der Waals surface area contributed by atoms with E-state index in [-0.39, 0.29) is 5.91 Å². The Bertz CT molecular complexity index is 1010. The highest BCUT2D eigenvalue weighted by atomic mass is 32.1. The van der Waals surface area contributed by atoms with E-state index in [1.54, 1.807) is 0 Å². The zero-order valence-corrected chi connectivity index (χ0v) is 16.7. The van der Waals surface area contributed by atoms with Gasteiger partial charge in [0.2, 0.25) is 0 Å². The van der Waals surface area contributed by atoms with Crippen molar-refractivity contribution in [2.45, 2.75) is 38.5 Å². The monoisotopic (exact) mass is 397 g/mol. The van der Waals surface area contributed by atoms with Crippen LogP contribution in [-0.4, -0.2) is 61.8 Å². The first-order chi connectivity index (χ1) is 13.7. The second-order valence-corrected chi connectivity index (χ2v) is 8.59. The lowest BCUT2D eigenvalue weighted by Gasteiger charge is -2.24. The number of hydrogen-bond acceptors (Lipinski definition) is 7. The lowest BCUT2D eigenvalue weighted by Crippen LogP contribution is -2.35. The van der Waals surface area contributed by atoms with Crippen LogP contribution in [0.3, 0.4) is 0 Å². The molecule has 0 bridgehead atoms. The van der Waals surface area contributed by atoms with E-state index < -0.39 is 0 Å². The van der Waals surface area contributed by atoms with Gasteiger partial charge in [-0.3, -0.25) is 4.79 Å². The van der Waals surface area contributed by atoms with Gasteiger partial charge < -0.3 is 9.80 Å². The maximum Gasteiger partial charge on any atom is 0.273 e. The van der Waals surface area contributed by atoms with Crippen LogP contribution in [0.15, 0.2) is 17.5 Å². The Balaban J connectivity index is 1.33. The van der Waals surface area contributed by atoms with Gasteiger partial charge in [0, 0.05) is 37.5 Å². The average Bonchev–Trinajstić information content (AvgIpc) is 3.18. The van der Waals surface area contributed by atoms with Crippen molar-refractivity contribution >= 4 is 28.7 Å². The fourth-order valence-corrected chi connectivity index (χ4v) is 4.45. The number of thiazole rings is 1. The van der Waals surface area contributed by atoms with Crippen LogP contribution in [0.25, 0.3) is 5.65 Å². The molecule has 1 amide bonds. The summed E-state index contributed by atoms with van der Waals surface area (Å²) in [5.74, 6) is 2.41. The summed E-state index contributed by atoms with van der Waals surface area (Å²) in [6.45, 7) is 4.98. The van der Waals surface area contributed by atoms with Gasteiger partial charge in [-0.05, 0) is 38.3 Å². The third-order valence-corrected chi connectivity index (χ3v) is 6.46. The van der Waals surface area contributed by atoms with Gasteiger partial charge in [-0.1, -0.05) is 6.42 Å². The normalized spacial score (nSPS) is 18.3. The van der Waals surface area contributed by atoms with E-state index in [0.29, 0.717) is 18.2 Å². The van der Waals surface area contributed by atoms with Crippen LogP contribution >= 0.6 is 11.3 Å². The summed E-state index contributed by atoms with van der Waals surface area (Å²) in [6, 6.07) is 4.00. The molecule has 8 nitrogen and oxygen atoms in total. The van der Waals surface area contributed by atoms with Gasteiger partial charge in [-0.2, -0.15) is 4.52 Å². The van der Waals surface area contributed by atoms with Crippen molar-refractivity contribution < 1.29 is 4.79 Å². The van der Waals surface area contributed by atoms with E-state index in [1.807, 2.05) is 33.9 Å². The molecule has 3 aromatic heterocycles. The largest absolute Gasteiger partial charge is 0.353 e. The van der Waals surface area contributed by atoms with Gasteiger partial charge in [0.1, 0.15) is 11.5 Å². The number of amides is 1. The molecule has 1 aliphatic heterocycles. The molecule has 1 aliphatic carbocycles. The minimum atomic E-state index is 0.0284. The second kappa shape index (κ2) is 7.12. The predicted molar refractivity (Wildman–Crippen MR) is 107 cm³/mol. The number of hydrogen-bond donors (Lipinski definition) is 0. The highest BCUT2D eigenvalue weighted by Crippen LogP contribution is 2.35. The molecule has 146 valence electrons. The first-order valence-electron chi connectivity index (χ1n) is 9.88. The van der Waals surface area contributed by atoms with E-state index in [1.165, 1.54) is 30.6 Å². The number of carbonyl (C=O) groups is 1. The van der Waals surface area contributed by atoms with Crippen LogP contribution in [0.1, 0.15) is 52.9 Å². The number of anilines is 1. The lowest BCUT2D eigenvalue weighted by molar-refractivity contribution is 0.0762. The number of aryl methyl sites for hydroxylation is 1. The maximum atomic E-state index is 12.7. The SMILES string of the molecule is Cc1nc(C(=O)N2CCCN(c3ccc4nnc(C5CCC5)n4n3)CC2)cs1. The Kier molecular flexibility index (Phi) is 4.46. The van der Waals surface area contributed by atoms with Crippen molar-refractivity contribution in [3.63, 3.8) is 0 Å². The molecular weight excluding hydrogens is 374 g/mol. The number of nitrogens with zero attached hydrogens (tertiary/aromatic N) is 7. The molecule has 0 radical (unpaired) electrons. The van der Waals surface area contributed by atoms with Gasteiger partial charge in [0.25, 0.3) is 5.91 Å². The molecule has 0 aromatic carbocycles. The smallest absolute Gasteiger partial charge is 0.273 e. The van der Waals surface area contributed by atoms with E-state index in [2.05, 4.69) is 20.1 Å². The Morgan fingerprint density at radius 1 is 1.11 bits per heavy atom. The Labute approximate surface area is 167 Å². The Morgan fingerprint density at radius 3 is 2.75 bits per heavy atom. The predicted octanol–water partition coefficient (Wildman–Crippen LogP) is 2.51. The average molecular weight is 398 g/mol. The quantitative estimate of drug-likeness (QED) is 0.676. The third-order valence-electron chi connectivity index (χ3n) is 5.69. The number of carbonyl (C=O) groups excluding carboxylic acids is 1. The van der Waals surface area contributed by atoms with Crippen LogP contribution < -0.4 is 4.90 Å². The summed E-state index contributed by atoms with van der Waals surface area (Å²) in [7, 11) is 0. The molecule has 0 unspecified atom stereocenters. The summed E-state index contributed by atoms with van der Waals surface area (Å²) in [5, 5.41) is 16.3. The van der Waals surface area contributed by atoms with Gasteiger partial charge in [0.15, 0.2) is 11.5 Å². The van der Waals surface area contributed by atoms with Crippen molar-refractivity contribution in [1.29, 1.82) is 0 Å². The summed E-state index contributed by atoms with van der Waals surface area (Å²) < 4.78 is 1.91. The second-order valence-electron chi connectivity index (χ2n) is 7.53. The molecule has 4 heterocycles. The fraction of sp³-hybridized carbons (Fsp3) is 0.526. The fourth-order valence-electron chi connectivity index (χ4n) is 3.86. The molecule has 0 spiro atoms. The summed E-state index contributed by atoms with van der Waals surface area (Å²) in [6.07, 6.45) is 4.51. The number of aromatic nitrogens is 5. The van der Waals surface area contributed by atoms with E-state index in [9.17, 15) is 4.79 Å². The molecule has 9 heteroatoms. The molecule has 1 saturated carbocycles. The molecule has 2 aliphatic rings. The van der Waals surface area contributed by atoms with Crippen molar-refractivity contribution in [3.8, 4) is 0 Å². The van der Waals surface area contributed by atoms with Gasteiger partial charge >= 0.3 is 0 Å². The van der Waals surface area contributed by atoms with E-state index in [0.717, 1.165) is 48.4 Å². The van der Waals surface area contributed by atoms with Gasteiger partial charge in [-0.25, -0.2) is 4.98 Å². The van der Waals surface area contributed by atoms with Gasteiger partial charge in [0.05, 0.1) is 5.01 Å². The van der Waals surface area contributed by atoms with E-state index >= 15 is 0 Å². The minimum Gasteiger partial charge on any atom is -0.353 e. The number of rotatable bonds is 3. The molecule has 3 aromatic rings. The maximum absolute atomic E-state index is 12.7. The zero-order chi connectivity index (χ0) is 19.1. The van der Waals surface area contributed by atoms with Crippen LogP contribution in [0.5, 0.6) is 0 Å². The molecule has 0 N–H and O–H groups in total. The first kappa shape index (κ1) is 17.5. The first-order valence-corrected chi connectivity index (χ1v) is 10.8. The van der Waals surface area contributed by atoms with E-state index in [4.69, 9.17) is 5.10 Å². The lowest BCUT2D eigenvalue weighted by atomic mass is 9.85. The summed E-state index contributed by atoms with van der Waals surface area (Å²) in [5.41, 5.74) is 1.36. The molecule has 0 atom stereocenters. The highest BCUT2D eigenvalue weighted by molar-refractivity contribution is 7.09. The molecule has 2 fully saturated rings. The molecular formula is C19H23N7OS. The van der Waals surface area contributed by atoms with Crippen LogP contribution in [0, 0.1) is 6.92 Å². The molecule has 28 heavy (non-hydrogen) atoms. The van der Waals surface area contributed by atoms with Crippen molar-refractivity contribution in [2.75, 3.05) is 31.1 Å². The summed E-state index contributed by atoms with van der Waals surface area (Å²) in [4.78, 5) is 21.2. The van der Waals surface area contributed by atoms with Gasteiger partial charge in [-0.15, -0.1) is 26.6 Å². The Morgan fingerprint density at radius 2 is 2.00 bits per heavy atom. The summed E-state index contributed by atoms with van der Waals surface area (Å²) >= 11 is 1.52. The van der Waals surface area contributed by atoms with Crippen LogP contribution in [0.2, 0.25) is 0 Å². The van der Waals surface area contributed by atoms with Crippen LogP contribution in [-0.2, 0) is 0 Å². The highest BCUT2D eigenvalue weighted by Gasteiger charge is 2.26.